The summed E-state index contributed by atoms with van der Waals surface area (Å²) in [6.07, 6.45) is -0.577. The first-order valence-corrected chi connectivity index (χ1v) is 5.50. The van der Waals surface area contributed by atoms with E-state index in [1.165, 1.54) is 5.56 Å². The van der Waals surface area contributed by atoms with Crippen LogP contribution in [0.1, 0.15) is 22.9 Å². The van der Waals surface area contributed by atoms with Crippen LogP contribution in [0.5, 0.6) is 0 Å². The molecule has 3 nitrogen and oxygen atoms in total. The molecule has 3 N–H and O–H groups in total. The lowest BCUT2D eigenvalue weighted by atomic mass is 10.0. The molecule has 0 aliphatic carbocycles. The maximum Gasteiger partial charge on any atom is 0.0935 e. The van der Waals surface area contributed by atoms with Crippen LogP contribution < -0.4 is 5.73 Å². The van der Waals surface area contributed by atoms with Crippen molar-refractivity contribution < 1.29 is 5.11 Å². The van der Waals surface area contributed by atoms with Crippen molar-refractivity contribution in [2.75, 3.05) is 6.54 Å². The fourth-order valence-electron chi connectivity index (χ4n) is 2.24. The number of hydrogen-bond acceptors (Lipinski definition) is 2. The average molecular weight is 218 g/mol. The highest BCUT2D eigenvalue weighted by atomic mass is 16.3. The van der Waals surface area contributed by atoms with E-state index in [0.29, 0.717) is 0 Å². The van der Waals surface area contributed by atoms with E-state index in [4.69, 9.17) is 5.73 Å². The third-order valence-corrected chi connectivity index (χ3v) is 3.25. The van der Waals surface area contributed by atoms with E-state index in [1.807, 2.05) is 14.0 Å². The molecule has 1 heterocycles. The van der Waals surface area contributed by atoms with Crippen LogP contribution in [0.25, 0.3) is 10.9 Å². The highest BCUT2D eigenvalue weighted by Crippen LogP contribution is 2.30. The SMILES string of the molecule is Cc1ccc2c(C(O)CN)c(C)n(C)c2c1. The summed E-state index contributed by atoms with van der Waals surface area (Å²) in [6.45, 7) is 4.35. The van der Waals surface area contributed by atoms with Crippen LogP contribution in [-0.4, -0.2) is 16.2 Å². The molecule has 2 aromatic rings. The summed E-state index contributed by atoms with van der Waals surface area (Å²) in [5.74, 6) is 0. The number of nitrogens with zero attached hydrogens (tertiary/aromatic N) is 1. The fourth-order valence-corrected chi connectivity index (χ4v) is 2.24. The Morgan fingerprint density at radius 2 is 2.06 bits per heavy atom. The minimum Gasteiger partial charge on any atom is -0.387 e. The van der Waals surface area contributed by atoms with Gasteiger partial charge < -0.3 is 15.4 Å². The predicted octanol–water partition coefficient (Wildman–Crippen LogP) is 1.79. The first kappa shape index (κ1) is 11.2. The topological polar surface area (TPSA) is 51.2 Å². The number of fused-ring (bicyclic) bond motifs is 1. The van der Waals surface area contributed by atoms with E-state index in [0.717, 1.165) is 22.2 Å². The predicted molar refractivity (Wildman–Crippen MR) is 66.4 cm³/mol. The summed E-state index contributed by atoms with van der Waals surface area (Å²) in [5.41, 5.74) is 9.96. The van der Waals surface area contributed by atoms with Gasteiger partial charge in [-0.3, -0.25) is 0 Å². The van der Waals surface area contributed by atoms with Gasteiger partial charge in [0.05, 0.1) is 6.10 Å². The van der Waals surface area contributed by atoms with Gasteiger partial charge in [0.15, 0.2) is 0 Å². The molecular formula is C13H18N2O. The zero-order chi connectivity index (χ0) is 11.9. The quantitative estimate of drug-likeness (QED) is 0.807. The Labute approximate surface area is 95.5 Å². The highest BCUT2D eigenvalue weighted by Gasteiger charge is 2.17. The lowest BCUT2D eigenvalue weighted by molar-refractivity contribution is 0.187. The Balaban J connectivity index is 2.79. The third-order valence-electron chi connectivity index (χ3n) is 3.25. The summed E-state index contributed by atoms with van der Waals surface area (Å²) < 4.78 is 2.11. The number of aryl methyl sites for hydroxylation is 2. The molecule has 2 rings (SSSR count). The van der Waals surface area contributed by atoms with Gasteiger partial charge in [0, 0.05) is 35.8 Å². The van der Waals surface area contributed by atoms with Gasteiger partial charge in [-0.15, -0.1) is 0 Å². The van der Waals surface area contributed by atoms with E-state index < -0.39 is 6.10 Å². The molecule has 0 aliphatic heterocycles. The summed E-state index contributed by atoms with van der Waals surface area (Å²) in [7, 11) is 2.02. The lowest BCUT2D eigenvalue weighted by Crippen LogP contribution is -2.12. The van der Waals surface area contributed by atoms with Crippen LogP contribution in [0.15, 0.2) is 18.2 Å². The van der Waals surface area contributed by atoms with Gasteiger partial charge in [-0.2, -0.15) is 0 Å². The molecule has 1 aromatic carbocycles. The van der Waals surface area contributed by atoms with Gasteiger partial charge in [-0.05, 0) is 25.5 Å². The normalized spacial score (nSPS) is 13.3. The molecule has 0 saturated carbocycles. The lowest BCUT2D eigenvalue weighted by Gasteiger charge is -2.08. The Hall–Kier alpha value is -1.32. The maximum absolute atomic E-state index is 9.95. The second-order valence-corrected chi connectivity index (χ2v) is 4.33. The van der Waals surface area contributed by atoms with Crippen molar-refractivity contribution in [3.05, 3.63) is 35.0 Å². The van der Waals surface area contributed by atoms with Crippen LogP contribution in [0, 0.1) is 13.8 Å². The molecule has 0 bridgehead atoms. The zero-order valence-corrected chi connectivity index (χ0v) is 9.99. The Bertz CT molecular complexity index is 528. The van der Waals surface area contributed by atoms with Crippen molar-refractivity contribution in [1.29, 1.82) is 0 Å². The second-order valence-electron chi connectivity index (χ2n) is 4.33. The Kier molecular flexibility index (Phi) is 2.74. The maximum atomic E-state index is 9.95. The number of nitrogens with two attached hydrogens (primary N) is 1. The molecule has 1 atom stereocenters. The van der Waals surface area contributed by atoms with Crippen molar-refractivity contribution in [2.45, 2.75) is 20.0 Å². The zero-order valence-electron chi connectivity index (χ0n) is 9.99. The molecule has 0 spiro atoms. The molecule has 0 aliphatic rings. The van der Waals surface area contributed by atoms with Gasteiger partial charge in [-0.25, -0.2) is 0 Å². The second kappa shape index (κ2) is 3.92. The molecule has 1 aromatic heterocycles. The molecular weight excluding hydrogens is 200 g/mol. The standard InChI is InChI=1S/C13H18N2O/c1-8-4-5-10-11(6-8)15(3)9(2)13(10)12(16)7-14/h4-6,12,16H,7,14H2,1-3H3. The molecule has 0 saturated heterocycles. The highest BCUT2D eigenvalue weighted by molar-refractivity contribution is 5.86. The number of aliphatic hydroxyl groups excluding tert-OH is 1. The molecule has 3 heteroatoms. The minimum absolute atomic E-state index is 0.258. The van der Waals surface area contributed by atoms with Gasteiger partial charge in [0.25, 0.3) is 0 Å². The Morgan fingerprint density at radius 3 is 2.69 bits per heavy atom. The van der Waals surface area contributed by atoms with Crippen molar-refractivity contribution in [1.82, 2.24) is 4.57 Å². The van der Waals surface area contributed by atoms with Gasteiger partial charge >= 0.3 is 0 Å². The molecule has 1 unspecified atom stereocenters. The number of rotatable bonds is 2. The van der Waals surface area contributed by atoms with Crippen molar-refractivity contribution in [2.24, 2.45) is 12.8 Å². The van der Waals surface area contributed by atoms with Crippen LogP contribution in [0.2, 0.25) is 0 Å². The number of aliphatic hydroxyl groups is 1. The van der Waals surface area contributed by atoms with E-state index >= 15 is 0 Å². The number of benzene rings is 1. The smallest absolute Gasteiger partial charge is 0.0935 e. The van der Waals surface area contributed by atoms with Gasteiger partial charge in [0.1, 0.15) is 0 Å². The Morgan fingerprint density at radius 1 is 1.38 bits per heavy atom. The largest absolute Gasteiger partial charge is 0.387 e. The number of hydrogen-bond donors (Lipinski definition) is 2. The third kappa shape index (κ3) is 1.52. The summed E-state index contributed by atoms with van der Waals surface area (Å²) >= 11 is 0. The first-order valence-electron chi connectivity index (χ1n) is 5.50. The van der Waals surface area contributed by atoms with E-state index in [-0.39, 0.29) is 6.54 Å². The van der Waals surface area contributed by atoms with Crippen LogP contribution >= 0.6 is 0 Å². The number of aromatic nitrogens is 1. The summed E-state index contributed by atoms with van der Waals surface area (Å²) in [4.78, 5) is 0. The monoisotopic (exact) mass is 218 g/mol. The molecule has 0 radical (unpaired) electrons. The molecule has 86 valence electrons. The van der Waals surface area contributed by atoms with E-state index in [1.54, 1.807) is 0 Å². The van der Waals surface area contributed by atoms with Crippen LogP contribution in [-0.2, 0) is 7.05 Å². The summed E-state index contributed by atoms with van der Waals surface area (Å²) in [5, 5.41) is 11.1. The molecule has 0 amide bonds. The fraction of sp³-hybridized carbons (Fsp3) is 0.385. The van der Waals surface area contributed by atoms with Crippen LogP contribution in [0.4, 0.5) is 0 Å². The molecule has 0 fully saturated rings. The van der Waals surface area contributed by atoms with Crippen LogP contribution in [0.3, 0.4) is 0 Å². The van der Waals surface area contributed by atoms with Crippen molar-refractivity contribution in [3.63, 3.8) is 0 Å². The summed E-state index contributed by atoms with van der Waals surface area (Å²) in [6, 6.07) is 6.26. The minimum atomic E-state index is -0.577. The molecule has 16 heavy (non-hydrogen) atoms. The van der Waals surface area contributed by atoms with Crippen molar-refractivity contribution in [3.8, 4) is 0 Å². The van der Waals surface area contributed by atoms with E-state index in [9.17, 15) is 5.11 Å². The van der Waals surface area contributed by atoms with Gasteiger partial charge in [-0.1, -0.05) is 12.1 Å². The van der Waals surface area contributed by atoms with Crippen molar-refractivity contribution >= 4 is 10.9 Å². The van der Waals surface area contributed by atoms with E-state index in [2.05, 4.69) is 29.7 Å². The average Bonchev–Trinajstić information content (AvgIpc) is 2.52. The first-order chi connectivity index (χ1) is 7.56. The van der Waals surface area contributed by atoms with Gasteiger partial charge in [0.2, 0.25) is 0 Å².